The molecule has 0 heterocycles. The van der Waals surface area contributed by atoms with Gasteiger partial charge in [0.15, 0.2) is 0 Å². The van der Waals surface area contributed by atoms with Crippen LogP contribution in [0.3, 0.4) is 0 Å². The molecule has 0 bridgehead atoms. The zero-order valence-corrected chi connectivity index (χ0v) is 10.6. The van der Waals surface area contributed by atoms with Crippen molar-refractivity contribution < 1.29 is 9.53 Å². The largest absolute Gasteiger partial charge is 0.465 e. The number of methoxy groups -OCH3 is 1. The number of rotatable bonds is 3. The molecule has 0 fully saturated rings. The number of allylic oxidation sites excluding steroid dienone is 3. The molecular weight excluding hydrogens is 244 g/mol. The van der Waals surface area contributed by atoms with E-state index in [2.05, 4.69) is 27.2 Å². The van der Waals surface area contributed by atoms with Crippen LogP contribution in [0.5, 0.6) is 0 Å². The van der Waals surface area contributed by atoms with E-state index in [1.165, 1.54) is 7.11 Å². The lowest BCUT2D eigenvalue weighted by Gasteiger charge is -2.08. The average molecular weight is 259 g/mol. The van der Waals surface area contributed by atoms with Gasteiger partial charge in [-0.3, -0.25) is 0 Å². The van der Waals surface area contributed by atoms with Gasteiger partial charge in [0, 0.05) is 4.48 Å². The summed E-state index contributed by atoms with van der Waals surface area (Å²) in [7, 11) is 1.37. The topological polar surface area (TPSA) is 26.3 Å². The summed E-state index contributed by atoms with van der Waals surface area (Å²) in [5, 5.41) is 0. The number of halogens is 1. The molecule has 0 aromatic rings. The van der Waals surface area contributed by atoms with Crippen LogP contribution in [0.1, 0.15) is 20.8 Å². The minimum Gasteiger partial charge on any atom is -0.465 e. The van der Waals surface area contributed by atoms with E-state index in [1.54, 1.807) is 13.0 Å². The highest BCUT2D eigenvalue weighted by Gasteiger charge is 2.13. The first-order valence-electron chi connectivity index (χ1n) is 4.23. The van der Waals surface area contributed by atoms with Crippen LogP contribution in [0.25, 0.3) is 0 Å². The first-order chi connectivity index (χ1) is 6.45. The van der Waals surface area contributed by atoms with Crippen LogP contribution < -0.4 is 0 Å². The Morgan fingerprint density at radius 2 is 1.93 bits per heavy atom. The summed E-state index contributed by atoms with van der Waals surface area (Å²) in [6.07, 6.45) is 1.73. The molecule has 0 amide bonds. The van der Waals surface area contributed by atoms with Gasteiger partial charge in [0.1, 0.15) is 0 Å². The van der Waals surface area contributed by atoms with E-state index in [-0.39, 0.29) is 5.97 Å². The molecule has 14 heavy (non-hydrogen) atoms. The first-order valence-corrected chi connectivity index (χ1v) is 5.02. The standard InChI is InChI=1S/C11H15BrO2/c1-6-9(11(13)14-5)8(4)10(12)7(2)3/h6H,2H2,1,3-5H3/b9-6?,10-8+. The second-order valence-electron chi connectivity index (χ2n) is 2.91. The highest BCUT2D eigenvalue weighted by molar-refractivity contribution is 9.12. The molecule has 0 aromatic carbocycles. The van der Waals surface area contributed by atoms with Gasteiger partial charge >= 0.3 is 5.97 Å². The maximum absolute atomic E-state index is 11.3. The Morgan fingerprint density at radius 1 is 1.43 bits per heavy atom. The van der Waals surface area contributed by atoms with Crippen molar-refractivity contribution in [2.45, 2.75) is 20.8 Å². The molecule has 78 valence electrons. The molecule has 0 aliphatic rings. The number of hydrogen-bond donors (Lipinski definition) is 0. The van der Waals surface area contributed by atoms with Gasteiger partial charge in [0.05, 0.1) is 12.7 Å². The molecule has 0 spiro atoms. The van der Waals surface area contributed by atoms with E-state index >= 15 is 0 Å². The van der Waals surface area contributed by atoms with Crippen LogP contribution in [-0.2, 0) is 9.53 Å². The second kappa shape index (κ2) is 5.81. The smallest absolute Gasteiger partial charge is 0.337 e. The zero-order chi connectivity index (χ0) is 11.3. The van der Waals surface area contributed by atoms with E-state index in [0.717, 1.165) is 15.6 Å². The van der Waals surface area contributed by atoms with Crippen molar-refractivity contribution in [2.24, 2.45) is 0 Å². The fourth-order valence-corrected chi connectivity index (χ4v) is 1.25. The Morgan fingerprint density at radius 3 is 2.21 bits per heavy atom. The number of carbonyl (C=O) groups is 1. The molecule has 0 aliphatic carbocycles. The minimum atomic E-state index is -0.330. The molecular formula is C11H15BrO2. The second-order valence-corrected chi connectivity index (χ2v) is 3.71. The molecule has 0 aliphatic heterocycles. The number of hydrogen-bond acceptors (Lipinski definition) is 2. The van der Waals surface area contributed by atoms with E-state index in [0.29, 0.717) is 5.57 Å². The summed E-state index contributed by atoms with van der Waals surface area (Å²) in [4.78, 5) is 11.3. The summed E-state index contributed by atoms with van der Waals surface area (Å²) in [5.41, 5.74) is 2.28. The first kappa shape index (κ1) is 13.2. The van der Waals surface area contributed by atoms with Gasteiger partial charge in [-0.1, -0.05) is 28.6 Å². The monoisotopic (exact) mass is 258 g/mol. The van der Waals surface area contributed by atoms with Crippen molar-refractivity contribution in [2.75, 3.05) is 7.11 Å². The van der Waals surface area contributed by atoms with E-state index in [4.69, 9.17) is 0 Å². The van der Waals surface area contributed by atoms with Crippen molar-refractivity contribution >= 4 is 21.9 Å². The molecule has 2 nitrogen and oxygen atoms in total. The van der Waals surface area contributed by atoms with Gasteiger partial charge in [-0.25, -0.2) is 4.79 Å². The van der Waals surface area contributed by atoms with Crippen molar-refractivity contribution in [3.63, 3.8) is 0 Å². The van der Waals surface area contributed by atoms with Crippen LogP contribution in [0.4, 0.5) is 0 Å². The van der Waals surface area contributed by atoms with Crippen LogP contribution >= 0.6 is 15.9 Å². The summed E-state index contributed by atoms with van der Waals surface area (Å²) >= 11 is 3.38. The lowest BCUT2D eigenvalue weighted by Crippen LogP contribution is -2.06. The Bertz CT molecular complexity index is 311. The fraction of sp³-hybridized carbons (Fsp3) is 0.364. The normalized spacial score (nSPS) is 13.4. The molecule has 3 heteroatoms. The maximum Gasteiger partial charge on any atom is 0.337 e. The summed E-state index contributed by atoms with van der Waals surface area (Å²) in [5.74, 6) is -0.330. The summed E-state index contributed by atoms with van der Waals surface area (Å²) in [6, 6.07) is 0. The predicted molar refractivity (Wildman–Crippen MR) is 62.2 cm³/mol. The van der Waals surface area contributed by atoms with Crippen LogP contribution in [0.15, 0.2) is 33.9 Å². The Kier molecular flexibility index (Phi) is 5.46. The Labute approximate surface area is 93.5 Å². The predicted octanol–water partition coefficient (Wildman–Crippen LogP) is 3.35. The third-order valence-corrected chi connectivity index (χ3v) is 3.07. The number of esters is 1. The molecule has 0 saturated heterocycles. The van der Waals surface area contributed by atoms with Gasteiger partial charge in [0.25, 0.3) is 0 Å². The highest BCUT2D eigenvalue weighted by Crippen LogP contribution is 2.25. The summed E-state index contributed by atoms with van der Waals surface area (Å²) < 4.78 is 5.51. The van der Waals surface area contributed by atoms with E-state index in [1.807, 2.05) is 13.8 Å². The molecule has 0 N–H and O–H groups in total. The Hall–Kier alpha value is -0.830. The molecule has 0 aromatic heterocycles. The lowest BCUT2D eigenvalue weighted by atomic mass is 10.1. The van der Waals surface area contributed by atoms with Gasteiger partial charge in [-0.2, -0.15) is 0 Å². The molecule has 0 unspecified atom stereocenters. The van der Waals surface area contributed by atoms with Gasteiger partial charge in [0.2, 0.25) is 0 Å². The summed E-state index contributed by atoms with van der Waals surface area (Å²) in [6.45, 7) is 9.32. The van der Waals surface area contributed by atoms with Crippen molar-refractivity contribution in [1.29, 1.82) is 0 Å². The zero-order valence-electron chi connectivity index (χ0n) is 8.98. The molecule has 0 radical (unpaired) electrons. The van der Waals surface area contributed by atoms with Crippen LogP contribution in [0, 0.1) is 0 Å². The lowest BCUT2D eigenvalue weighted by molar-refractivity contribution is -0.135. The average Bonchev–Trinajstić information content (AvgIpc) is 2.16. The van der Waals surface area contributed by atoms with Crippen LogP contribution in [-0.4, -0.2) is 13.1 Å². The van der Waals surface area contributed by atoms with E-state index < -0.39 is 0 Å². The van der Waals surface area contributed by atoms with Crippen molar-refractivity contribution in [1.82, 2.24) is 0 Å². The third kappa shape index (κ3) is 3.14. The third-order valence-electron chi connectivity index (χ3n) is 1.80. The Balaban J connectivity index is 5.19. The fourth-order valence-electron chi connectivity index (χ4n) is 1.04. The quantitative estimate of drug-likeness (QED) is 0.441. The number of carbonyl (C=O) groups excluding carboxylic acids is 1. The molecule has 0 rings (SSSR count). The van der Waals surface area contributed by atoms with Gasteiger partial charge in [-0.05, 0) is 31.9 Å². The maximum atomic E-state index is 11.3. The van der Waals surface area contributed by atoms with Gasteiger partial charge in [-0.15, -0.1) is 0 Å². The molecule has 0 atom stereocenters. The highest BCUT2D eigenvalue weighted by atomic mass is 79.9. The van der Waals surface area contributed by atoms with Crippen molar-refractivity contribution in [3.05, 3.63) is 33.9 Å². The van der Waals surface area contributed by atoms with Gasteiger partial charge < -0.3 is 4.74 Å². The number of ether oxygens (including phenoxy) is 1. The van der Waals surface area contributed by atoms with Crippen molar-refractivity contribution in [3.8, 4) is 0 Å². The van der Waals surface area contributed by atoms with E-state index in [9.17, 15) is 4.79 Å². The molecule has 0 saturated carbocycles. The SMILES string of the molecule is C=C(C)/C(Br)=C(/C)C(=CC)C(=O)OC. The van der Waals surface area contributed by atoms with Crippen LogP contribution in [0.2, 0.25) is 0 Å². The minimum absolute atomic E-state index is 0.330.